The van der Waals surface area contributed by atoms with Gasteiger partial charge in [-0.15, -0.1) is 0 Å². The molecule has 0 saturated carbocycles. The van der Waals surface area contributed by atoms with Crippen LogP contribution < -0.4 is 5.32 Å². The molecular weight excluding hydrogens is 231 g/mol. The Balaban J connectivity index is 1.94. The van der Waals surface area contributed by atoms with Crippen LogP contribution in [-0.2, 0) is 5.60 Å². The minimum Gasteiger partial charge on any atom is -0.385 e. The van der Waals surface area contributed by atoms with Crippen molar-refractivity contribution in [3.8, 4) is 0 Å². The maximum Gasteiger partial charge on any atom is 0.213 e. The van der Waals surface area contributed by atoms with Crippen LogP contribution in [0.3, 0.4) is 0 Å². The molecule has 4 heteroatoms. The first-order valence-electron chi connectivity index (χ1n) is 6.69. The second kappa shape index (κ2) is 4.28. The normalized spacial score (nSPS) is 35.5. The fourth-order valence-electron chi connectivity index (χ4n) is 3.57. The Morgan fingerprint density at radius 3 is 2.61 bits per heavy atom. The molecule has 0 radical (unpaired) electrons. The Bertz CT molecular complexity index is 451. The topological polar surface area (TPSA) is 45.2 Å². The summed E-state index contributed by atoms with van der Waals surface area (Å²) in [6.45, 7) is 1.77. The number of rotatable bonds is 1. The largest absolute Gasteiger partial charge is 0.385 e. The number of nitrogens with one attached hydrogen (secondary N) is 1. The van der Waals surface area contributed by atoms with Crippen molar-refractivity contribution >= 4 is 0 Å². The van der Waals surface area contributed by atoms with Gasteiger partial charge in [-0.05, 0) is 44.7 Å². The molecule has 2 aliphatic rings. The van der Waals surface area contributed by atoms with Crippen molar-refractivity contribution in [1.82, 2.24) is 10.3 Å². The molecule has 0 amide bonds. The molecule has 2 bridgehead atoms. The van der Waals surface area contributed by atoms with E-state index < -0.39 is 11.5 Å². The zero-order valence-corrected chi connectivity index (χ0v) is 10.6. The van der Waals surface area contributed by atoms with E-state index in [9.17, 15) is 9.50 Å². The lowest BCUT2D eigenvalue weighted by molar-refractivity contribution is -0.0366. The molecular formula is C14H19FN2O. The molecule has 0 spiro atoms. The smallest absolute Gasteiger partial charge is 0.213 e. The first kappa shape index (κ1) is 12.1. The van der Waals surface area contributed by atoms with Gasteiger partial charge in [0.1, 0.15) is 0 Å². The number of nitrogens with zero attached hydrogens (tertiary/aromatic N) is 1. The van der Waals surface area contributed by atoms with E-state index in [0.29, 0.717) is 30.6 Å². The van der Waals surface area contributed by atoms with Crippen molar-refractivity contribution in [2.75, 3.05) is 0 Å². The van der Waals surface area contributed by atoms with Gasteiger partial charge in [0, 0.05) is 23.3 Å². The van der Waals surface area contributed by atoms with Crippen LogP contribution in [0, 0.1) is 12.9 Å². The summed E-state index contributed by atoms with van der Waals surface area (Å²) in [6, 6.07) is 3.80. The van der Waals surface area contributed by atoms with E-state index in [4.69, 9.17) is 0 Å². The van der Waals surface area contributed by atoms with E-state index >= 15 is 0 Å². The van der Waals surface area contributed by atoms with E-state index in [2.05, 4.69) is 10.3 Å². The van der Waals surface area contributed by atoms with E-state index in [1.54, 1.807) is 13.0 Å². The van der Waals surface area contributed by atoms with Crippen LogP contribution in [0.25, 0.3) is 0 Å². The molecule has 2 unspecified atom stereocenters. The Labute approximate surface area is 106 Å². The Hall–Kier alpha value is -1.00. The number of piperidine rings is 2. The minimum atomic E-state index is -0.841. The van der Waals surface area contributed by atoms with Gasteiger partial charge in [0.15, 0.2) is 0 Å². The van der Waals surface area contributed by atoms with E-state index in [1.165, 1.54) is 12.5 Å². The van der Waals surface area contributed by atoms with Gasteiger partial charge >= 0.3 is 0 Å². The van der Waals surface area contributed by atoms with Gasteiger partial charge < -0.3 is 10.4 Å². The van der Waals surface area contributed by atoms with Crippen LogP contribution >= 0.6 is 0 Å². The number of aliphatic hydroxyl groups is 1. The molecule has 18 heavy (non-hydrogen) atoms. The van der Waals surface area contributed by atoms with Gasteiger partial charge in [-0.2, -0.15) is 4.39 Å². The van der Waals surface area contributed by atoms with Crippen molar-refractivity contribution in [2.45, 2.75) is 56.7 Å². The number of hydrogen-bond donors (Lipinski definition) is 2. The van der Waals surface area contributed by atoms with Crippen LogP contribution in [0.5, 0.6) is 0 Å². The Morgan fingerprint density at radius 1 is 1.33 bits per heavy atom. The molecule has 98 valence electrons. The van der Waals surface area contributed by atoms with E-state index in [1.807, 2.05) is 0 Å². The average molecular weight is 250 g/mol. The number of aryl methyl sites for hydroxylation is 1. The summed E-state index contributed by atoms with van der Waals surface area (Å²) in [4.78, 5) is 3.84. The lowest BCUT2D eigenvalue weighted by Crippen LogP contribution is -2.54. The summed E-state index contributed by atoms with van der Waals surface area (Å²) in [5.74, 6) is -0.478. The molecule has 3 rings (SSSR count). The Morgan fingerprint density at radius 2 is 2.00 bits per heavy atom. The van der Waals surface area contributed by atoms with Crippen molar-refractivity contribution in [3.63, 3.8) is 0 Å². The molecule has 2 fully saturated rings. The van der Waals surface area contributed by atoms with E-state index in [0.717, 1.165) is 18.4 Å². The maximum absolute atomic E-state index is 13.1. The van der Waals surface area contributed by atoms with Gasteiger partial charge in [0.25, 0.3) is 0 Å². The first-order chi connectivity index (χ1) is 8.57. The summed E-state index contributed by atoms with van der Waals surface area (Å²) in [5.41, 5.74) is 0.561. The van der Waals surface area contributed by atoms with Crippen molar-refractivity contribution in [2.24, 2.45) is 0 Å². The van der Waals surface area contributed by atoms with Crippen molar-refractivity contribution in [3.05, 3.63) is 29.3 Å². The van der Waals surface area contributed by atoms with Crippen molar-refractivity contribution < 1.29 is 9.50 Å². The summed E-state index contributed by atoms with van der Waals surface area (Å²) in [7, 11) is 0. The van der Waals surface area contributed by atoms with Gasteiger partial charge in [0.05, 0.1) is 5.60 Å². The van der Waals surface area contributed by atoms with E-state index in [-0.39, 0.29) is 0 Å². The summed E-state index contributed by atoms with van der Waals surface area (Å²) >= 11 is 0. The molecule has 1 aromatic heterocycles. The molecule has 3 nitrogen and oxygen atoms in total. The lowest BCUT2D eigenvalue weighted by atomic mass is 9.73. The number of fused-ring (bicyclic) bond motifs is 2. The molecule has 2 saturated heterocycles. The first-order valence-corrected chi connectivity index (χ1v) is 6.69. The molecule has 2 atom stereocenters. The highest BCUT2D eigenvalue weighted by Gasteiger charge is 2.42. The third-order valence-corrected chi connectivity index (χ3v) is 4.30. The average Bonchev–Trinajstić information content (AvgIpc) is 2.27. The number of hydrogen-bond acceptors (Lipinski definition) is 3. The van der Waals surface area contributed by atoms with Crippen LogP contribution in [0.4, 0.5) is 4.39 Å². The fraction of sp³-hybridized carbons (Fsp3) is 0.643. The third-order valence-electron chi connectivity index (χ3n) is 4.30. The number of pyridine rings is 1. The minimum absolute atomic E-state index is 0.381. The molecule has 1 aromatic rings. The van der Waals surface area contributed by atoms with Crippen LogP contribution in [-0.4, -0.2) is 22.2 Å². The highest BCUT2D eigenvalue weighted by molar-refractivity contribution is 5.28. The Kier molecular flexibility index (Phi) is 2.87. The van der Waals surface area contributed by atoms with Crippen LogP contribution in [0.15, 0.2) is 12.1 Å². The molecule has 2 N–H and O–H groups in total. The van der Waals surface area contributed by atoms with Gasteiger partial charge in [-0.3, -0.25) is 0 Å². The predicted molar refractivity (Wildman–Crippen MR) is 66.6 cm³/mol. The second-order valence-corrected chi connectivity index (χ2v) is 5.70. The molecule has 3 heterocycles. The summed E-state index contributed by atoms with van der Waals surface area (Å²) in [5, 5.41) is 14.5. The zero-order valence-electron chi connectivity index (χ0n) is 10.6. The standard InChI is InChI=1S/C14H19FN2O/c1-9-12(5-6-13(15)16-9)14(18)7-10-3-2-4-11(8-14)17-10/h5-6,10-11,17-18H,2-4,7-8H2,1H3. The number of halogens is 1. The summed E-state index contributed by atoms with van der Waals surface area (Å²) in [6.07, 6.45) is 4.88. The molecule has 2 aliphatic heterocycles. The summed E-state index contributed by atoms with van der Waals surface area (Å²) < 4.78 is 13.1. The van der Waals surface area contributed by atoms with Gasteiger partial charge in [-0.1, -0.05) is 6.42 Å². The van der Waals surface area contributed by atoms with Gasteiger partial charge in [0.2, 0.25) is 5.95 Å². The van der Waals surface area contributed by atoms with Crippen LogP contribution in [0.2, 0.25) is 0 Å². The molecule has 0 aliphatic carbocycles. The van der Waals surface area contributed by atoms with Crippen LogP contribution in [0.1, 0.15) is 43.4 Å². The maximum atomic E-state index is 13.1. The highest BCUT2D eigenvalue weighted by Crippen LogP contribution is 2.40. The SMILES string of the molecule is Cc1nc(F)ccc1C1(O)CC2CCCC(C1)N2. The second-order valence-electron chi connectivity index (χ2n) is 5.70. The highest BCUT2D eigenvalue weighted by atomic mass is 19.1. The lowest BCUT2D eigenvalue weighted by Gasteiger charge is -2.45. The monoisotopic (exact) mass is 250 g/mol. The fourth-order valence-corrected chi connectivity index (χ4v) is 3.57. The number of aromatic nitrogens is 1. The van der Waals surface area contributed by atoms with Gasteiger partial charge in [-0.25, -0.2) is 4.98 Å². The quantitative estimate of drug-likeness (QED) is 0.750. The predicted octanol–water partition coefficient (Wildman–Crippen LogP) is 2.02. The third kappa shape index (κ3) is 2.04. The zero-order chi connectivity index (χ0) is 12.8. The van der Waals surface area contributed by atoms with Crippen molar-refractivity contribution in [1.29, 1.82) is 0 Å². The molecule has 0 aromatic carbocycles.